The van der Waals surface area contributed by atoms with E-state index in [9.17, 15) is 0 Å². The highest BCUT2D eigenvalue weighted by Gasteiger charge is 2.36. The predicted molar refractivity (Wildman–Crippen MR) is 86.5 cm³/mol. The molecule has 2 unspecified atom stereocenters. The number of anilines is 1. The van der Waals surface area contributed by atoms with Crippen molar-refractivity contribution in [3.05, 3.63) is 23.3 Å². The first-order valence-electron chi connectivity index (χ1n) is 8.50. The van der Waals surface area contributed by atoms with Gasteiger partial charge in [-0.3, -0.25) is 5.10 Å². The van der Waals surface area contributed by atoms with Crippen LogP contribution >= 0.6 is 0 Å². The molecule has 124 valence electrons. The fourth-order valence-corrected chi connectivity index (χ4v) is 3.82. The molecule has 2 aromatic rings. The van der Waals surface area contributed by atoms with Gasteiger partial charge in [-0.25, -0.2) is 0 Å². The molecule has 2 atom stereocenters. The molecule has 0 amide bonds. The molecule has 1 N–H and O–H groups in total. The van der Waals surface area contributed by atoms with Gasteiger partial charge in [-0.05, 0) is 38.7 Å². The van der Waals surface area contributed by atoms with Crippen LogP contribution in [-0.4, -0.2) is 50.3 Å². The van der Waals surface area contributed by atoms with E-state index in [4.69, 9.17) is 4.74 Å². The lowest BCUT2D eigenvalue weighted by Crippen LogP contribution is -2.40. The van der Waals surface area contributed by atoms with Crippen molar-refractivity contribution in [2.75, 3.05) is 18.1 Å². The van der Waals surface area contributed by atoms with Crippen molar-refractivity contribution in [1.29, 1.82) is 0 Å². The molecule has 0 bridgehead atoms. The first kappa shape index (κ1) is 14.7. The Morgan fingerprint density at radius 3 is 2.96 bits per heavy atom. The molecule has 7 heteroatoms. The summed E-state index contributed by atoms with van der Waals surface area (Å²) in [5.41, 5.74) is 2.07. The second-order valence-electron chi connectivity index (χ2n) is 6.65. The minimum Gasteiger partial charge on any atom is -0.376 e. The molecule has 2 aliphatic rings. The number of hydrogen-bond acceptors (Lipinski definition) is 5. The van der Waals surface area contributed by atoms with Crippen LogP contribution in [-0.2, 0) is 18.2 Å². The van der Waals surface area contributed by atoms with Crippen LogP contribution in [0.25, 0.3) is 0 Å². The number of nitrogens with one attached hydrogen (secondary N) is 1. The van der Waals surface area contributed by atoms with Gasteiger partial charge in [0.15, 0.2) is 0 Å². The van der Waals surface area contributed by atoms with E-state index in [-0.39, 0.29) is 0 Å². The van der Waals surface area contributed by atoms with E-state index in [2.05, 4.69) is 43.0 Å². The van der Waals surface area contributed by atoms with Crippen molar-refractivity contribution in [2.24, 2.45) is 7.05 Å². The smallest absolute Gasteiger partial charge is 0.227 e. The second-order valence-corrected chi connectivity index (χ2v) is 6.65. The minimum absolute atomic E-state index is 0.353. The standard InChI is InChI=1S/C16H24N6O/c1-11-9-12(18-17-11)10-15-19-20-16(21(15)2)22-7-3-5-13(22)14-6-4-8-23-14/h9,13-14H,3-8,10H2,1-2H3,(H,17,18). The minimum atomic E-state index is 0.353. The summed E-state index contributed by atoms with van der Waals surface area (Å²) in [4.78, 5) is 2.39. The van der Waals surface area contributed by atoms with E-state index in [1.165, 1.54) is 25.7 Å². The van der Waals surface area contributed by atoms with Gasteiger partial charge in [-0.2, -0.15) is 5.10 Å². The molecule has 0 saturated carbocycles. The Bertz CT molecular complexity index is 672. The quantitative estimate of drug-likeness (QED) is 0.927. The van der Waals surface area contributed by atoms with E-state index in [1.807, 2.05) is 6.92 Å². The molecule has 2 saturated heterocycles. The van der Waals surface area contributed by atoms with Gasteiger partial charge in [0.25, 0.3) is 0 Å². The van der Waals surface area contributed by atoms with Crippen molar-refractivity contribution in [3.8, 4) is 0 Å². The molecular formula is C16H24N6O. The predicted octanol–water partition coefficient (Wildman–Crippen LogP) is 1.59. The maximum Gasteiger partial charge on any atom is 0.227 e. The van der Waals surface area contributed by atoms with Crippen molar-refractivity contribution >= 4 is 5.95 Å². The molecule has 7 nitrogen and oxygen atoms in total. The van der Waals surface area contributed by atoms with Crippen molar-refractivity contribution < 1.29 is 4.74 Å². The fourth-order valence-electron chi connectivity index (χ4n) is 3.82. The van der Waals surface area contributed by atoms with Crippen LogP contribution in [0.2, 0.25) is 0 Å². The highest BCUT2D eigenvalue weighted by molar-refractivity contribution is 5.36. The van der Waals surface area contributed by atoms with Crippen LogP contribution < -0.4 is 4.90 Å². The molecule has 0 aliphatic carbocycles. The summed E-state index contributed by atoms with van der Waals surface area (Å²) in [5.74, 6) is 1.91. The van der Waals surface area contributed by atoms with Gasteiger partial charge >= 0.3 is 0 Å². The number of hydrogen-bond donors (Lipinski definition) is 1. The highest BCUT2D eigenvalue weighted by atomic mass is 16.5. The Kier molecular flexibility index (Phi) is 3.80. The number of H-pyrrole nitrogens is 1. The zero-order valence-corrected chi connectivity index (χ0v) is 13.8. The average Bonchev–Trinajstić information content (AvgIpc) is 3.29. The maximum atomic E-state index is 5.92. The summed E-state index contributed by atoms with van der Waals surface area (Å²) in [6, 6.07) is 2.50. The van der Waals surface area contributed by atoms with Crippen molar-refractivity contribution in [2.45, 2.75) is 51.2 Å². The molecule has 0 spiro atoms. The lowest BCUT2D eigenvalue weighted by Gasteiger charge is -2.29. The Hall–Kier alpha value is -1.89. The third-order valence-electron chi connectivity index (χ3n) is 4.99. The Labute approximate surface area is 136 Å². The Morgan fingerprint density at radius 1 is 1.30 bits per heavy atom. The number of rotatable bonds is 4. The van der Waals surface area contributed by atoms with Crippen molar-refractivity contribution in [3.63, 3.8) is 0 Å². The van der Waals surface area contributed by atoms with E-state index < -0.39 is 0 Å². The molecule has 2 fully saturated rings. The number of nitrogens with zero attached hydrogens (tertiary/aromatic N) is 5. The Morgan fingerprint density at radius 2 is 2.22 bits per heavy atom. The van der Waals surface area contributed by atoms with Gasteiger partial charge < -0.3 is 14.2 Å². The third kappa shape index (κ3) is 2.73. The first-order valence-corrected chi connectivity index (χ1v) is 8.50. The summed E-state index contributed by atoms with van der Waals surface area (Å²) in [5, 5.41) is 16.1. The van der Waals surface area contributed by atoms with Crippen molar-refractivity contribution in [1.82, 2.24) is 25.0 Å². The topological polar surface area (TPSA) is 71.9 Å². The molecule has 4 rings (SSSR count). The lowest BCUT2D eigenvalue weighted by atomic mass is 10.1. The van der Waals surface area contributed by atoms with Gasteiger partial charge in [0.1, 0.15) is 5.82 Å². The van der Waals surface area contributed by atoms with E-state index in [0.29, 0.717) is 18.6 Å². The normalized spacial score (nSPS) is 24.7. The average molecular weight is 316 g/mol. The van der Waals surface area contributed by atoms with Gasteiger partial charge in [-0.1, -0.05) is 0 Å². The molecule has 4 heterocycles. The molecule has 2 aliphatic heterocycles. The van der Waals surface area contributed by atoms with Crippen LogP contribution in [0, 0.1) is 6.92 Å². The van der Waals surface area contributed by atoms with E-state index in [0.717, 1.165) is 36.3 Å². The zero-order chi connectivity index (χ0) is 15.8. The van der Waals surface area contributed by atoms with Gasteiger partial charge in [-0.15, -0.1) is 10.2 Å². The third-order valence-corrected chi connectivity index (χ3v) is 4.99. The highest BCUT2D eigenvalue weighted by Crippen LogP contribution is 2.31. The Balaban J connectivity index is 1.54. The van der Waals surface area contributed by atoms with Crippen LogP contribution in [0.1, 0.15) is 42.9 Å². The summed E-state index contributed by atoms with van der Waals surface area (Å²) < 4.78 is 8.03. The first-order chi connectivity index (χ1) is 11.2. The van der Waals surface area contributed by atoms with Crippen LogP contribution in [0.3, 0.4) is 0 Å². The van der Waals surface area contributed by atoms with E-state index in [1.54, 1.807) is 0 Å². The van der Waals surface area contributed by atoms with Crippen LogP contribution in [0.4, 0.5) is 5.95 Å². The fraction of sp³-hybridized carbons (Fsp3) is 0.688. The number of aromatic nitrogens is 5. The molecule has 23 heavy (non-hydrogen) atoms. The molecular weight excluding hydrogens is 292 g/mol. The number of aryl methyl sites for hydroxylation is 1. The molecule has 2 aromatic heterocycles. The zero-order valence-electron chi connectivity index (χ0n) is 13.8. The van der Waals surface area contributed by atoms with E-state index >= 15 is 0 Å². The summed E-state index contributed by atoms with van der Waals surface area (Å²) in [7, 11) is 2.05. The second kappa shape index (κ2) is 5.96. The number of ether oxygens (including phenoxy) is 1. The SMILES string of the molecule is Cc1cc(Cc2nnc(N3CCCC3C3CCCO3)n2C)n[nH]1. The maximum absolute atomic E-state index is 5.92. The van der Waals surface area contributed by atoms with Crippen LogP contribution in [0.15, 0.2) is 6.07 Å². The largest absolute Gasteiger partial charge is 0.376 e. The molecule has 0 radical (unpaired) electrons. The summed E-state index contributed by atoms with van der Waals surface area (Å²) in [6.45, 7) is 3.95. The van der Waals surface area contributed by atoms with Crippen LogP contribution in [0.5, 0.6) is 0 Å². The summed E-state index contributed by atoms with van der Waals surface area (Å²) >= 11 is 0. The monoisotopic (exact) mass is 316 g/mol. The number of aromatic amines is 1. The van der Waals surface area contributed by atoms with Gasteiger partial charge in [0.05, 0.1) is 24.3 Å². The summed E-state index contributed by atoms with van der Waals surface area (Å²) in [6.07, 6.45) is 5.78. The lowest BCUT2D eigenvalue weighted by molar-refractivity contribution is 0.0905. The molecule has 0 aromatic carbocycles. The van der Waals surface area contributed by atoms with Gasteiger partial charge in [0, 0.05) is 25.9 Å². The van der Waals surface area contributed by atoms with Gasteiger partial charge in [0.2, 0.25) is 5.95 Å².